The summed E-state index contributed by atoms with van der Waals surface area (Å²) in [5, 5.41) is 1.18. The highest BCUT2D eigenvalue weighted by atomic mass is 15.0. The third-order valence-electron chi connectivity index (χ3n) is 3.05. The van der Waals surface area contributed by atoms with Crippen molar-refractivity contribution in [1.29, 1.82) is 0 Å². The lowest BCUT2D eigenvalue weighted by molar-refractivity contribution is 0.781. The first-order chi connectivity index (χ1) is 8.85. The number of fused-ring (bicyclic) bond motifs is 1. The fourth-order valence-electron chi connectivity index (χ4n) is 2.09. The lowest BCUT2D eigenvalue weighted by atomic mass is 10.2. The van der Waals surface area contributed by atoms with Crippen LogP contribution in [0.4, 0.5) is 0 Å². The van der Waals surface area contributed by atoms with Crippen molar-refractivity contribution in [2.75, 3.05) is 0 Å². The molecule has 0 radical (unpaired) electrons. The molecule has 0 spiro atoms. The van der Waals surface area contributed by atoms with Crippen molar-refractivity contribution in [3.05, 3.63) is 66.1 Å². The van der Waals surface area contributed by atoms with E-state index in [9.17, 15) is 0 Å². The minimum Gasteiger partial charge on any atom is -0.348 e. The van der Waals surface area contributed by atoms with Gasteiger partial charge in [0.1, 0.15) is 0 Å². The number of nitrogens with two attached hydrogens (primary N) is 1. The molecule has 18 heavy (non-hydrogen) atoms. The van der Waals surface area contributed by atoms with Gasteiger partial charge in [-0.05, 0) is 23.8 Å². The van der Waals surface area contributed by atoms with E-state index >= 15 is 0 Å². The minimum atomic E-state index is 0.581. The van der Waals surface area contributed by atoms with E-state index in [1.807, 2.05) is 30.5 Å². The van der Waals surface area contributed by atoms with Crippen molar-refractivity contribution in [2.45, 2.75) is 13.1 Å². The predicted octanol–water partition coefficient (Wildman–Crippen LogP) is 2.54. The molecule has 3 heteroatoms. The Morgan fingerprint density at radius 2 is 1.94 bits per heavy atom. The van der Waals surface area contributed by atoms with Crippen LogP contribution in [0.2, 0.25) is 0 Å². The first-order valence-electron chi connectivity index (χ1n) is 6.04. The quantitative estimate of drug-likeness (QED) is 0.760. The topological polar surface area (TPSA) is 43.8 Å². The normalized spacial score (nSPS) is 10.9. The number of hydrogen-bond donors (Lipinski definition) is 1. The van der Waals surface area contributed by atoms with E-state index < -0.39 is 0 Å². The molecule has 0 atom stereocenters. The number of pyridine rings is 1. The van der Waals surface area contributed by atoms with Crippen LogP contribution in [0.15, 0.2) is 54.9 Å². The molecular weight excluding hydrogens is 222 g/mol. The van der Waals surface area contributed by atoms with Crippen molar-refractivity contribution < 1.29 is 0 Å². The summed E-state index contributed by atoms with van der Waals surface area (Å²) >= 11 is 0. The maximum absolute atomic E-state index is 5.60. The summed E-state index contributed by atoms with van der Waals surface area (Å²) in [5.41, 5.74) is 8.86. The van der Waals surface area contributed by atoms with Gasteiger partial charge in [0.05, 0.1) is 17.8 Å². The van der Waals surface area contributed by atoms with E-state index in [-0.39, 0.29) is 0 Å². The molecule has 2 aromatic heterocycles. The van der Waals surface area contributed by atoms with Gasteiger partial charge in [0.15, 0.2) is 0 Å². The van der Waals surface area contributed by atoms with Crippen molar-refractivity contribution >= 4 is 10.9 Å². The highest BCUT2D eigenvalue weighted by Crippen LogP contribution is 2.13. The van der Waals surface area contributed by atoms with Gasteiger partial charge in [-0.3, -0.25) is 4.98 Å². The Balaban J connectivity index is 1.90. The largest absolute Gasteiger partial charge is 0.348 e. The average molecular weight is 237 g/mol. The molecule has 0 unspecified atom stereocenters. The van der Waals surface area contributed by atoms with E-state index in [0.717, 1.165) is 23.3 Å². The molecule has 0 bridgehead atoms. The molecule has 90 valence electrons. The molecule has 0 fully saturated rings. The summed E-state index contributed by atoms with van der Waals surface area (Å²) in [5.74, 6) is 0. The maximum atomic E-state index is 5.60. The summed E-state index contributed by atoms with van der Waals surface area (Å²) in [6.45, 7) is 1.36. The van der Waals surface area contributed by atoms with E-state index in [1.54, 1.807) is 0 Å². The van der Waals surface area contributed by atoms with E-state index in [0.29, 0.717) is 6.54 Å². The smallest absolute Gasteiger partial charge is 0.0706 e. The Morgan fingerprint density at radius 3 is 2.78 bits per heavy atom. The third-order valence-corrected chi connectivity index (χ3v) is 3.05. The van der Waals surface area contributed by atoms with Gasteiger partial charge >= 0.3 is 0 Å². The number of nitrogens with zero attached hydrogens (tertiary/aromatic N) is 2. The first kappa shape index (κ1) is 11.0. The molecule has 0 amide bonds. The van der Waals surface area contributed by atoms with Crippen molar-refractivity contribution in [2.24, 2.45) is 5.73 Å². The van der Waals surface area contributed by atoms with Crippen molar-refractivity contribution in [3.63, 3.8) is 0 Å². The summed E-state index contributed by atoms with van der Waals surface area (Å²) in [7, 11) is 0. The second kappa shape index (κ2) is 4.63. The van der Waals surface area contributed by atoms with Gasteiger partial charge in [0.25, 0.3) is 0 Å². The van der Waals surface area contributed by atoms with Crippen LogP contribution in [0.5, 0.6) is 0 Å². The summed E-state index contributed by atoms with van der Waals surface area (Å²) < 4.78 is 2.11. The molecule has 3 aromatic rings. The van der Waals surface area contributed by atoms with Gasteiger partial charge in [-0.25, -0.2) is 0 Å². The fraction of sp³-hybridized carbons (Fsp3) is 0.133. The number of aromatic nitrogens is 2. The molecular formula is C15H15N3. The van der Waals surface area contributed by atoms with E-state index in [1.165, 1.54) is 5.39 Å². The Bertz CT molecular complexity index is 670. The van der Waals surface area contributed by atoms with Crippen LogP contribution in [-0.4, -0.2) is 9.55 Å². The molecule has 0 aliphatic rings. The SMILES string of the molecule is NCc1ccn(Cc2ccc3ccccc3n2)c1. The Labute approximate surface area is 106 Å². The van der Waals surface area contributed by atoms with Crippen LogP contribution < -0.4 is 5.73 Å². The zero-order chi connectivity index (χ0) is 12.4. The lowest BCUT2D eigenvalue weighted by Crippen LogP contribution is -2.00. The number of para-hydroxylation sites is 1. The molecule has 0 aliphatic carbocycles. The van der Waals surface area contributed by atoms with Crippen molar-refractivity contribution in [1.82, 2.24) is 9.55 Å². The molecule has 2 N–H and O–H groups in total. The summed E-state index contributed by atoms with van der Waals surface area (Å²) in [6, 6.07) is 14.4. The number of benzene rings is 1. The molecule has 0 saturated carbocycles. The zero-order valence-electron chi connectivity index (χ0n) is 10.1. The van der Waals surface area contributed by atoms with Gasteiger partial charge < -0.3 is 10.3 Å². The van der Waals surface area contributed by atoms with E-state index in [2.05, 4.69) is 33.9 Å². The molecule has 0 aliphatic heterocycles. The van der Waals surface area contributed by atoms with Crippen LogP contribution in [0.3, 0.4) is 0 Å². The Hall–Kier alpha value is -2.13. The van der Waals surface area contributed by atoms with Gasteiger partial charge in [-0.1, -0.05) is 24.3 Å². The Kier molecular flexibility index (Phi) is 2.82. The Morgan fingerprint density at radius 1 is 1.06 bits per heavy atom. The second-order valence-corrected chi connectivity index (χ2v) is 4.39. The summed E-state index contributed by atoms with van der Waals surface area (Å²) in [6.07, 6.45) is 4.11. The van der Waals surface area contributed by atoms with Gasteiger partial charge in [0.2, 0.25) is 0 Å². The van der Waals surface area contributed by atoms with Crippen molar-refractivity contribution in [3.8, 4) is 0 Å². The fourth-order valence-corrected chi connectivity index (χ4v) is 2.09. The molecule has 0 saturated heterocycles. The molecule has 1 aromatic carbocycles. The molecule has 3 rings (SSSR count). The highest BCUT2D eigenvalue weighted by molar-refractivity contribution is 5.78. The monoisotopic (exact) mass is 237 g/mol. The lowest BCUT2D eigenvalue weighted by Gasteiger charge is -2.04. The van der Waals surface area contributed by atoms with Crippen LogP contribution in [0.1, 0.15) is 11.3 Å². The molecule has 3 nitrogen and oxygen atoms in total. The highest BCUT2D eigenvalue weighted by Gasteiger charge is 2.00. The zero-order valence-corrected chi connectivity index (χ0v) is 10.1. The molecule has 2 heterocycles. The summed E-state index contributed by atoms with van der Waals surface area (Å²) in [4.78, 5) is 4.65. The van der Waals surface area contributed by atoms with Crippen LogP contribution >= 0.6 is 0 Å². The van der Waals surface area contributed by atoms with Crippen LogP contribution in [-0.2, 0) is 13.1 Å². The maximum Gasteiger partial charge on any atom is 0.0706 e. The van der Waals surface area contributed by atoms with Crippen LogP contribution in [0, 0.1) is 0 Å². The third kappa shape index (κ3) is 2.13. The first-order valence-corrected chi connectivity index (χ1v) is 6.04. The second-order valence-electron chi connectivity index (χ2n) is 4.39. The average Bonchev–Trinajstić information content (AvgIpc) is 2.86. The minimum absolute atomic E-state index is 0.581. The van der Waals surface area contributed by atoms with Gasteiger partial charge in [0, 0.05) is 24.3 Å². The van der Waals surface area contributed by atoms with Gasteiger partial charge in [-0.15, -0.1) is 0 Å². The number of rotatable bonds is 3. The van der Waals surface area contributed by atoms with E-state index in [4.69, 9.17) is 5.73 Å². The predicted molar refractivity (Wildman–Crippen MR) is 73.2 cm³/mol. The van der Waals surface area contributed by atoms with Crippen LogP contribution in [0.25, 0.3) is 10.9 Å². The van der Waals surface area contributed by atoms with Gasteiger partial charge in [-0.2, -0.15) is 0 Å². The number of hydrogen-bond acceptors (Lipinski definition) is 2. The standard InChI is InChI=1S/C15H15N3/c16-9-12-7-8-18(10-12)11-14-6-5-13-3-1-2-4-15(13)17-14/h1-8,10H,9,11,16H2.